The van der Waals surface area contributed by atoms with Gasteiger partial charge in [0.15, 0.2) is 0 Å². The summed E-state index contributed by atoms with van der Waals surface area (Å²) in [4.78, 5) is 23.1. The van der Waals surface area contributed by atoms with Gasteiger partial charge in [-0.25, -0.2) is 4.57 Å². The Kier molecular flexibility index (Phi) is 32.8. The molecular weight excluding hydrogens is 751 g/mol. The second kappa shape index (κ2) is 35.1. The Morgan fingerprint density at radius 2 is 1.04 bits per heavy atom. The van der Waals surface area contributed by atoms with Crippen molar-refractivity contribution in [1.29, 1.82) is 0 Å². The van der Waals surface area contributed by atoms with Gasteiger partial charge in [0, 0.05) is 13.0 Å². The van der Waals surface area contributed by atoms with E-state index < -0.39 is 63.1 Å². The van der Waals surface area contributed by atoms with E-state index >= 15 is 0 Å². The normalized spacial score (nSPS) is 23.3. The van der Waals surface area contributed by atoms with E-state index in [2.05, 4.69) is 62.5 Å². The summed E-state index contributed by atoms with van der Waals surface area (Å²) in [5, 5.41) is 50.1. The smallest absolute Gasteiger partial charge is 0.457 e. The molecule has 0 aromatic carbocycles. The summed E-state index contributed by atoms with van der Waals surface area (Å²) in [7, 11) is -5.03. The van der Waals surface area contributed by atoms with E-state index in [4.69, 9.17) is 18.5 Å². The van der Waals surface area contributed by atoms with E-state index in [0.717, 1.165) is 57.8 Å². The largest absolute Gasteiger partial charge is 0.472 e. The molecule has 0 aromatic rings. The average molecular weight is 831 g/mol. The van der Waals surface area contributed by atoms with Gasteiger partial charge in [0.1, 0.15) is 42.7 Å². The highest BCUT2D eigenvalue weighted by molar-refractivity contribution is 7.47. The molecule has 1 fully saturated rings. The number of ether oxygens (including phenoxy) is 2. The van der Waals surface area contributed by atoms with Gasteiger partial charge >= 0.3 is 13.8 Å². The summed E-state index contributed by atoms with van der Waals surface area (Å²) in [5.74, 6) is -0.517. The Morgan fingerprint density at radius 1 is 0.579 bits per heavy atom. The fourth-order valence-corrected chi connectivity index (χ4v) is 7.44. The minimum Gasteiger partial charge on any atom is -0.457 e. The van der Waals surface area contributed by atoms with Gasteiger partial charge in [0.2, 0.25) is 0 Å². The van der Waals surface area contributed by atoms with Crippen molar-refractivity contribution in [3.63, 3.8) is 0 Å². The predicted octanol–water partition coefficient (Wildman–Crippen LogP) is 8.47. The lowest BCUT2D eigenvalue weighted by molar-refractivity contribution is -0.220. The number of rotatable bonds is 36. The molecule has 0 radical (unpaired) electrons. The van der Waals surface area contributed by atoms with Crippen molar-refractivity contribution in [2.75, 3.05) is 19.8 Å². The maximum atomic E-state index is 12.8. The summed E-state index contributed by atoms with van der Waals surface area (Å²) in [6.45, 7) is 4.09. The molecular formula is C44H79O12P. The molecule has 6 atom stereocenters. The lowest BCUT2D eigenvalue weighted by Gasteiger charge is -2.41. The van der Waals surface area contributed by atoms with Crippen LogP contribution in [-0.4, -0.2) is 98.9 Å². The van der Waals surface area contributed by atoms with Crippen molar-refractivity contribution in [1.82, 2.24) is 0 Å². The van der Waals surface area contributed by atoms with Crippen LogP contribution >= 0.6 is 7.82 Å². The van der Waals surface area contributed by atoms with E-state index in [1.54, 1.807) is 0 Å². The summed E-state index contributed by atoms with van der Waals surface area (Å²) >= 11 is 0. The number of esters is 1. The molecule has 1 aliphatic rings. The van der Waals surface area contributed by atoms with Crippen LogP contribution in [0.25, 0.3) is 0 Å². The van der Waals surface area contributed by atoms with Gasteiger partial charge in [-0.3, -0.25) is 13.8 Å². The number of carbonyl (C=O) groups is 1. The van der Waals surface area contributed by atoms with Gasteiger partial charge < -0.3 is 39.9 Å². The van der Waals surface area contributed by atoms with Crippen molar-refractivity contribution in [2.24, 2.45) is 0 Å². The second-order valence-corrected chi connectivity index (χ2v) is 16.6. The molecule has 57 heavy (non-hydrogen) atoms. The van der Waals surface area contributed by atoms with E-state index in [1.165, 1.54) is 77.0 Å². The summed E-state index contributed by atoms with van der Waals surface area (Å²) in [5.41, 5.74) is 0. The fourth-order valence-electron chi connectivity index (χ4n) is 6.46. The van der Waals surface area contributed by atoms with Crippen LogP contribution in [0.4, 0.5) is 0 Å². The van der Waals surface area contributed by atoms with Crippen LogP contribution in [0, 0.1) is 0 Å². The van der Waals surface area contributed by atoms with Crippen LogP contribution < -0.4 is 0 Å². The number of phosphoric acid groups is 1. The number of hydrogen-bond donors (Lipinski definition) is 6. The molecule has 12 nitrogen and oxygen atoms in total. The van der Waals surface area contributed by atoms with Gasteiger partial charge in [-0.2, -0.15) is 0 Å². The number of aliphatic hydroxyl groups is 5. The minimum atomic E-state index is -5.03. The molecule has 1 aliphatic carbocycles. The fraction of sp³-hybridized carbons (Fsp3) is 0.795. The summed E-state index contributed by atoms with van der Waals surface area (Å²) < 4.78 is 34.1. The van der Waals surface area contributed by atoms with Crippen molar-refractivity contribution in [3.8, 4) is 0 Å². The van der Waals surface area contributed by atoms with E-state index in [-0.39, 0.29) is 13.0 Å². The highest BCUT2D eigenvalue weighted by Crippen LogP contribution is 2.47. The van der Waals surface area contributed by atoms with Gasteiger partial charge in [-0.1, -0.05) is 152 Å². The Hall–Kier alpha value is -1.70. The maximum absolute atomic E-state index is 12.8. The molecule has 6 unspecified atom stereocenters. The minimum absolute atomic E-state index is 0.0927. The number of allylic oxidation sites excluding steroid dienone is 8. The topological polar surface area (TPSA) is 192 Å². The summed E-state index contributed by atoms with van der Waals surface area (Å²) in [6.07, 6.45) is 29.0. The lowest BCUT2D eigenvalue weighted by Crippen LogP contribution is -2.64. The number of hydrogen-bond acceptors (Lipinski definition) is 11. The molecule has 0 amide bonds. The average Bonchev–Trinajstić information content (AvgIpc) is 3.19. The van der Waals surface area contributed by atoms with Gasteiger partial charge in [0.05, 0.1) is 13.2 Å². The van der Waals surface area contributed by atoms with Crippen LogP contribution in [-0.2, 0) is 27.9 Å². The first-order valence-corrected chi connectivity index (χ1v) is 23.5. The number of unbranched alkanes of at least 4 members (excludes halogenated alkanes) is 16. The quantitative estimate of drug-likeness (QED) is 0.0153. The van der Waals surface area contributed by atoms with Crippen LogP contribution in [0.1, 0.15) is 162 Å². The predicted molar refractivity (Wildman–Crippen MR) is 225 cm³/mol. The van der Waals surface area contributed by atoms with E-state index in [0.29, 0.717) is 13.0 Å². The molecule has 0 bridgehead atoms. The lowest BCUT2D eigenvalue weighted by atomic mass is 9.85. The second-order valence-electron chi connectivity index (χ2n) is 15.2. The molecule has 0 saturated heterocycles. The van der Waals surface area contributed by atoms with Crippen LogP contribution in [0.2, 0.25) is 0 Å². The zero-order valence-corrected chi connectivity index (χ0v) is 36.0. The molecule has 13 heteroatoms. The van der Waals surface area contributed by atoms with Crippen molar-refractivity contribution in [3.05, 3.63) is 48.6 Å². The van der Waals surface area contributed by atoms with Crippen molar-refractivity contribution >= 4 is 13.8 Å². The molecule has 0 spiro atoms. The first kappa shape index (κ1) is 53.3. The van der Waals surface area contributed by atoms with E-state index in [9.17, 15) is 39.8 Å². The van der Waals surface area contributed by atoms with Crippen molar-refractivity contribution in [2.45, 2.75) is 204 Å². The standard InChI is InChI=1S/C44H79O12P/c1-3-5-7-9-11-13-15-17-19-21-23-25-27-29-31-33-38(45)55-37(36-54-57(51,52)56-44-42(49)40(47)39(46)41(48)43(44)50)35-53-34-32-30-28-26-24-22-20-18-16-14-12-10-8-6-4-2/h5,7,11,13,17,19,23,25,37,39-44,46-50H,3-4,6,8-10,12,14-16,18,20-22,24,26-36H2,1-2H3,(H,51,52)/b7-5-,13-11-,19-17-,25-23-. The monoisotopic (exact) mass is 831 g/mol. The highest BCUT2D eigenvalue weighted by Gasteiger charge is 2.51. The SMILES string of the molecule is CC/C=C\C/C=C\C/C=C\C/C=C\CCCCC(=O)OC(COCCCCCCCCCCCCCCCCC)COP(=O)(O)OC1C(O)C(O)C(O)C(O)C1O. The molecule has 6 N–H and O–H groups in total. The Morgan fingerprint density at radius 3 is 1.54 bits per heavy atom. The zero-order chi connectivity index (χ0) is 42.0. The van der Waals surface area contributed by atoms with Gasteiger partial charge in [0.25, 0.3) is 0 Å². The molecule has 0 aliphatic heterocycles. The first-order valence-electron chi connectivity index (χ1n) is 22.0. The first-order chi connectivity index (χ1) is 27.5. The number of phosphoric ester groups is 1. The van der Waals surface area contributed by atoms with Gasteiger partial charge in [-0.15, -0.1) is 0 Å². The van der Waals surface area contributed by atoms with Crippen LogP contribution in [0.5, 0.6) is 0 Å². The molecule has 1 rings (SSSR count). The third-order valence-corrected chi connectivity index (χ3v) is 11.0. The number of aliphatic hydroxyl groups excluding tert-OH is 5. The Bertz CT molecular complexity index is 1130. The Labute approximate surface area is 344 Å². The molecule has 332 valence electrons. The van der Waals surface area contributed by atoms with Crippen LogP contribution in [0.15, 0.2) is 48.6 Å². The molecule has 0 heterocycles. The third kappa shape index (κ3) is 27.6. The zero-order valence-electron chi connectivity index (χ0n) is 35.1. The maximum Gasteiger partial charge on any atom is 0.472 e. The third-order valence-electron chi connectivity index (χ3n) is 9.97. The molecule has 0 aromatic heterocycles. The molecule has 1 saturated carbocycles. The van der Waals surface area contributed by atoms with E-state index in [1.807, 2.05) is 0 Å². The summed E-state index contributed by atoms with van der Waals surface area (Å²) in [6, 6.07) is 0. The number of carbonyl (C=O) groups excluding carboxylic acids is 1. The Balaban J connectivity index is 2.45. The van der Waals surface area contributed by atoms with Crippen LogP contribution in [0.3, 0.4) is 0 Å². The van der Waals surface area contributed by atoms with Crippen molar-refractivity contribution < 1.29 is 58.3 Å². The van der Waals surface area contributed by atoms with Gasteiger partial charge in [-0.05, 0) is 51.4 Å². The highest BCUT2D eigenvalue weighted by atomic mass is 31.2.